The zero-order chi connectivity index (χ0) is 12.1. The Kier molecular flexibility index (Phi) is 3.85. The molecule has 17 heavy (non-hydrogen) atoms. The molecule has 0 aliphatic heterocycles. The molecule has 0 saturated heterocycles. The van der Waals surface area contributed by atoms with Crippen molar-refractivity contribution in [2.75, 3.05) is 0 Å². The number of rotatable bonds is 5. The minimum Gasteiger partial charge on any atom is -0.273 e. The highest BCUT2D eigenvalue weighted by molar-refractivity contribution is 5.14. The van der Waals surface area contributed by atoms with Gasteiger partial charge in [-0.05, 0) is 31.0 Å². The van der Waals surface area contributed by atoms with Gasteiger partial charge in [0.1, 0.15) is 0 Å². The highest BCUT2D eigenvalue weighted by Gasteiger charge is 2.12. The Hall–Kier alpha value is -1.72. The molecule has 0 aliphatic rings. The Morgan fingerprint density at radius 3 is 2.94 bits per heavy atom. The Morgan fingerprint density at radius 2 is 2.35 bits per heavy atom. The quantitative estimate of drug-likeness (QED) is 0.596. The minimum atomic E-state index is 0.0192. The number of pyridine rings is 1. The van der Waals surface area contributed by atoms with E-state index in [1.54, 1.807) is 6.20 Å². The first-order chi connectivity index (χ1) is 8.33. The van der Waals surface area contributed by atoms with Gasteiger partial charge in [0, 0.05) is 18.9 Å². The second-order valence-corrected chi connectivity index (χ2v) is 3.88. The summed E-state index contributed by atoms with van der Waals surface area (Å²) in [6.45, 7) is 2.94. The van der Waals surface area contributed by atoms with Gasteiger partial charge in [-0.15, -0.1) is 0 Å². The van der Waals surface area contributed by atoms with E-state index < -0.39 is 0 Å². The fourth-order valence-corrected chi connectivity index (χ4v) is 1.75. The van der Waals surface area contributed by atoms with Crippen molar-refractivity contribution < 1.29 is 0 Å². The lowest BCUT2D eigenvalue weighted by molar-refractivity contribution is 0.538. The second-order valence-electron chi connectivity index (χ2n) is 3.88. The van der Waals surface area contributed by atoms with Crippen LogP contribution in [0.25, 0.3) is 0 Å². The molecule has 5 nitrogen and oxygen atoms in total. The van der Waals surface area contributed by atoms with E-state index in [2.05, 4.69) is 22.4 Å². The summed E-state index contributed by atoms with van der Waals surface area (Å²) in [4.78, 5) is 4.30. The molecule has 0 amide bonds. The number of hydrogen-bond donors (Lipinski definition) is 2. The first-order valence-corrected chi connectivity index (χ1v) is 5.72. The highest BCUT2D eigenvalue weighted by atomic mass is 15.3. The van der Waals surface area contributed by atoms with Gasteiger partial charge in [-0.3, -0.25) is 20.9 Å². The van der Waals surface area contributed by atoms with Crippen LogP contribution < -0.4 is 11.3 Å². The van der Waals surface area contributed by atoms with E-state index in [-0.39, 0.29) is 6.04 Å². The van der Waals surface area contributed by atoms with E-state index in [1.807, 2.05) is 35.3 Å². The summed E-state index contributed by atoms with van der Waals surface area (Å²) in [5.41, 5.74) is 4.89. The van der Waals surface area contributed by atoms with E-state index in [0.29, 0.717) is 0 Å². The van der Waals surface area contributed by atoms with E-state index >= 15 is 0 Å². The predicted molar refractivity (Wildman–Crippen MR) is 65.9 cm³/mol. The highest BCUT2D eigenvalue weighted by Crippen LogP contribution is 2.14. The van der Waals surface area contributed by atoms with Crippen LogP contribution in [0.5, 0.6) is 0 Å². The summed E-state index contributed by atoms with van der Waals surface area (Å²) >= 11 is 0. The Balaban J connectivity index is 2.10. The van der Waals surface area contributed by atoms with Gasteiger partial charge in [-0.1, -0.05) is 6.07 Å². The SMILES string of the molecule is CCn1cc(CC(NN)c2ccccn2)cn1. The van der Waals surface area contributed by atoms with Gasteiger partial charge in [0.2, 0.25) is 0 Å². The van der Waals surface area contributed by atoms with Crippen molar-refractivity contribution in [3.05, 3.63) is 48.0 Å². The van der Waals surface area contributed by atoms with E-state index in [0.717, 1.165) is 24.2 Å². The first kappa shape index (κ1) is 11.8. The molecule has 0 aromatic carbocycles. The number of aromatic nitrogens is 3. The average molecular weight is 231 g/mol. The van der Waals surface area contributed by atoms with Crippen LogP contribution in [-0.4, -0.2) is 14.8 Å². The molecule has 0 saturated carbocycles. The smallest absolute Gasteiger partial charge is 0.0673 e. The van der Waals surface area contributed by atoms with Gasteiger partial charge >= 0.3 is 0 Å². The van der Waals surface area contributed by atoms with Crippen molar-refractivity contribution in [3.63, 3.8) is 0 Å². The molecule has 0 radical (unpaired) electrons. The maximum Gasteiger partial charge on any atom is 0.0673 e. The van der Waals surface area contributed by atoms with Gasteiger partial charge in [0.15, 0.2) is 0 Å². The van der Waals surface area contributed by atoms with Crippen LogP contribution in [0.2, 0.25) is 0 Å². The third-order valence-electron chi connectivity index (χ3n) is 2.70. The number of hydrazine groups is 1. The van der Waals surface area contributed by atoms with E-state index in [1.165, 1.54) is 0 Å². The van der Waals surface area contributed by atoms with E-state index in [4.69, 9.17) is 5.84 Å². The molecular formula is C12H17N5. The van der Waals surface area contributed by atoms with Gasteiger partial charge in [-0.2, -0.15) is 5.10 Å². The monoisotopic (exact) mass is 231 g/mol. The maximum atomic E-state index is 5.57. The summed E-state index contributed by atoms with van der Waals surface area (Å²) in [6.07, 6.45) is 6.46. The van der Waals surface area contributed by atoms with Crippen molar-refractivity contribution in [3.8, 4) is 0 Å². The van der Waals surface area contributed by atoms with Crippen molar-refractivity contribution in [1.82, 2.24) is 20.2 Å². The molecule has 0 bridgehead atoms. The summed E-state index contributed by atoms with van der Waals surface area (Å²) < 4.78 is 1.90. The van der Waals surface area contributed by atoms with Crippen molar-refractivity contribution in [2.24, 2.45) is 5.84 Å². The average Bonchev–Trinajstić information content (AvgIpc) is 2.84. The zero-order valence-electron chi connectivity index (χ0n) is 9.87. The zero-order valence-corrected chi connectivity index (χ0v) is 9.87. The fraction of sp³-hybridized carbons (Fsp3) is 0.333. The Labute approximate surface area is 101 Å². The van der Waals surface area contributed by atoms with E-state index in [9.17, 15) is 0 Å². The van der Waals surface area contributed by atoms with Crippen LogP contribution in [0, 0.1) is 0 Å². The molecule has 2 aromatic rings. The van der Waals surface area contributed by atoms with Crippen LogP contribution in [-0.2, 0) is 13.0 Å². The molecule has 1 atom stereocenters. The molecule has 1 unspecified atom stereocenters. The third-order valence-corrected chi connectivity index (χ3v) is 2.70. The molecule has 0 spiro atoms. The summed E-state index contributed by atoms with van der Waals surface area (Å²) in [5, 5.41) is 4.24. The molecule has 0 fully saturated rings. The maximum absolute atomic E-state index is 5.57. The molecule has 2 aromatic heterocycles. The van der Waals surface area contributed by atoms with Crippen molar-refractivity contribution in [2.45, 2.75) is 25.9 Å². The summed E-state index contributed by atoms with van der Waals surface area (Å²) in [6, 6.07) is 5.84. The molecular weight excluding hydrogens is 214 g/mol. The standard InChI is InChI=1S/C12H17N5/c1-2-17-9-10(8-15-17)7-12(16-13)11-5-3-4-6-14-11/h3-6,8-9,12,16H,2,7,13H2,1H3. The minimum absolute atomic E-state index is 0.0192. The summed E-state index contributed by atoms with van der Waals surface area (Å²) in [5.74, 6) is 5.57. The van der Waals surface area contributed by atoms with Gasteiger partial charge in [0.05, 0.1) is 17.9 Å². The number of nitrogens with zero attached hydrogens (tertiary/aromatic N) is 3. The van der Waals surface area contributed by atoms with Gasteiger partial charge in [0.25, 0.3) is 0 Å². The number of aryl methyl sites for hydroxylation is 1. The molecule has 3 N–H and O–H groups in total. The third kappa shape index (κ3) is 2.89. The van der Waals surface area contributed by atoms with Crippen LogP contribution >= 0.6 is 0 Å². The van der Waals surface area contributed by atoms with Crippen LogP contribution in [0.1, 0.15) is 24.2 Å². The molecule has 0 aliphatic carbocycles. The fourth-order valence-electron chi connectivity index (χ4n) is 1.75. The van der Waals surface area contributed by atoms with Crippen molar-refractivity contribution >= 4 is 0 Å². The molecule has 2 rings (SSSR count). The Bertz CT molecular complexity index is 451. The van der Waals surface area contributed by atoms with Gasteiger partial charge < -0.3 is 0 Å². The normalized spacial score (nSPS) is 12.6. The number of hydrogen-bond acceptors (Lipinski definition) is 4. The second kappa shape index (κ2) is 5.56. The molecule has 2 heterocycles. The lowest BCUT2D eigenvalue weighted by Crippen LogP contribution is -2.30. The summed E-state index contributed by atoms with van der Waals surface area (Å²) in [7, 11) is 0. The van der Waals surface area contributed by atoms with Crippen LogP contribution in [0.4, 0.5) is 0 Å². The lowest BCUT2D eigenvalue weighted by Gasteiger charge is -2.13. The topological polar surface area (TPSA) is 68.8 Å². The number of nitrogens with one attached hydrogen (secondary N) is 1. The van der Waals surface area contributed by atoms with Crippen LogP contribution in [0.15, 0.2) is 36.8 Å². The number of nitrogens with two attached hydrogens (primary N) is 1. The van der Waals surface area contributed by atoms with Crippen molar-refractivity contribution in [1.29, 1.82) is 0 Å². The van der Waals surface area contributed by atoms with Gasteiger partial charge in [-0.25, -0.2) is 0 Å². The van der Waals surface area contributed by atoms with Crippen LogP contribution in [0.3, 0.4) is 0 Å². The predicted octanol–water partition coefficient (Wildman–Crippen LogP) is 1.05. The Morgan fingerprint density at radius 1 is 1.47 bits per heavy atom. The largest absolute Gasteiger partial charge is 0.273 e. The lowest BCUT2D eigenvalue weighted by atomic mass is 10.1. The molecule has 5 heteroatoms. The first-order valence-electron chi connectivity index (χ1n) is 5.72. The molecule has 90 valence electrons.